The smallest absolute Gasteiger partial charge is 0.343 e. The van der Waals surface area contributed by atoms with Gasteiger partial charge in [-0.2, -0.15) is 0 Å². The minimum absolute atomic E-state index is 0.248. The Morgan fingerprint density at radius 2 is 2.00 bits per heavy atom. The summed E-state index contributed by atoms with van der Waals surface area (Å²) in [6.07, 6.45) is 0.508. The van der Waals surface area contributed by atoms with Crippen molar-refractivity contribution in [2.24, 2.45) is 0 Å². The molecule has 1 saturated heterocycles. The average Bonchev–Trinajstić information content (AvgIpc) is 2.18. The normalized spacial score (nSPS) is 21.7. The van der Waals surface area contributed by atoms with Gasteiger partial charge in [-0.15, -0.1) is 0 Å². The van der Waals surface area contributed by atoms with Crippen LogP contribution in [0.5, 0.6) is 0 Å². The summed E-state index contributed by atoms with van der Waals surface area (Å²) in [7, 11) is 0. The van der Waals surface area contributed by atoms with Gasteiger partial charge in [-0.3, -0.25) is 0 Å². The molecule has 0 spiro atoms. The van der Waals surface area contributed by atoms with Crippen LogP contribution in [-0.2, 0) is 9.53 Å². The molecule has 3 nitrogen and oxygen atoms in total. The van der Waals surface area contributed by atoms with E-state index in [1.54, 1.807) is 6.92 Å². The molecule has 0 N–H and O–H groups in total. The summed E-state index contributed by atoms with van der Waals surface area (Å²) in [5.41, 5.74) is -1.75. The Morgan fingerprint density at radius 3 is 2.40 bits per heavy atom. The monoisotopic (exact) mass is 217 g/mol. The molecule has 0 atom stereocenters. The highest BCUT2D eigenvalue weighted by atomic mass is 19.1. The van der Waals surface area contributed by atoms with Crippen LogP contribution in [0.25, 0.3) is 0 Å². The van der Waals surface area contributed by atoms with E-state index in [-0.39, 0.29) is 19.4 Å². The number of hydrogen-bond donors (Lipinski definition) is 0. The Bertz CT molecular complexity index is 223. The van der Waals surface area contributed by atoms with E-state index in [1.807, 2.05) is 0 Å². The molecule has 0 aromatic carbocycles. The highest BCUT2D eigenvalue weighted by molar-refractivity contribution is 5.79. The summed E-state index contributed by atoms with van der Waals surface area (Å²) in [6.45, 7) is 7.37. The number of nitrogens with zero attached hydrogens (tertiary/aromatic N) is 1. The van der Waals surface area contributed by atoms with Crippen molar-refractivity contribution in [3.8, 4) is 0 Å². The Kier molecular flexibility index (Phi) is 4.08. The third-order valence-corrected chi connectivity index (χ3v) is 2.96. The maximum atomic E-state index is 14.1. The van der Waals surface area contributed by atoms with E-state index in [9.17, 15) is 9.18 Å². The van der Waals surface area contributed by atoms with Gasteiger partial charge in [-0.1, -0.05) is 0 Å². The van der Waals surface area contributed by atoms with Gasteiger partial charge in [0.1, 0.15) is 0 Å². The van der Waals surface area contributed by atoms with Crippen molar-refractivity contribution in [3.05, 3.63) is 0 Å². The number of hydrogen-bond acceptors (Lipinski definition) is 3. The number of ether oxygens (including phenoxy) is 1. The second-order valence-electron chi connectivity index (χ2n) is 4.32. The van der Waals surface area contributed by atoms with E-state index < -0.39 is 11.6 Å². The molecule has 1 fully saturated rings. The van der Waals surface area contributed by atoms with Gasteiger partial charge < -0.3 is 9.64 Å². The van der Waals surface area contributed by atoms with Crippen LogP contribution in [0.3, 0.4) is 0 Å². The topological polar surface area (TPSA) is 29.5 Å². The SMILES string of the molecule is CCOC(=O)C1(F)CCN(C(C)C)CC1. The standard InChI is InChI=1S/C11H20FNO2/c1-4-15-10(14)11(12)5-7-13(8-6-11)9(2)3/h9H,4-8H2,1-3H3. The molecular formula is C11H20FNO2. The van der Waals surface area contributed by atoms with E-state index >= 15 is 0 Å². The molecule has 1 rings (SSSR count). The predicted molar refractivity (Wildman–Crippen MR) is 56.4 cm³/mol. The minimum atomic E-state index is -1.75. The molecule has 1 heterocycles. The fourth-order valence-corrected chi connectivity index (χ4v) is 1.86. The van der Waals surface area contributed by atoms with Crippen molar-refractivity contribution < 1.29 is 13.9 Å². The van der Waals surface area contributed by atoms with Gasteiger partial charge in [0.15, 0.2) is 0 Å². The van der Waals surface area contributed by atoms with Crippen molar-refractivity contribution in [2.45, 2.75) is 45.3 Å². The predicted octanol–water partition coefficient (Wildman–Crippen LogP) is 1.76. The van der Waals surface area contributed by atoms with Crippen LogP contribution < -0.4 is 0 Å². The number of alkyl halides is 1. The molecule has 0 bridgehead atoms. The Balaban J connectivity index is 2.50. The molecular weight excluding hydrogens is 197 g/mol. The first-order valence-corrected chi connectivity index (χ1v) is 5.60. The zero-order chi connectivity index (χ0) is 11.5. The van der Waals surface area contributed by atoms with E-state index in [2.05, 4.69) is 18.7 Å². The maximum absolute atomic E-state index is 14.1. The Hall–Kier alpha value is -0.640. The lowest BCUT2D eigenvalue weighted by atomic mass is 9.93. The first kappa shape index (κ1) is 12.4. The number of carbonyl (C=O) groups excluding carboxylic acids is 1. The van der Waals surface area contributed by atoms with Crippen LogP contribution in [0.4, 0.5) is 4.39 Å². The van der Waals surface area contributed by atoms with E-state index in [4.69, 9.17) is 4.74 Å². The van der Waals surface area contributed by atoms with Gasteiger partial charge in [0.25, 0.3) is 0 Å². The molecule has 0 saturated carbocycles. The number of rotatable bonds is 3. The molecule has 1 aliphatic rings. The number of esters is 1. The summed E-state index contributed by atoms with van der Waals surface area (Å²) in [4.78, 5) is 13.6. The Labute approximate surface area is 90.6 Å². The summed E-state index contributed by atoms with van der Waals surface area (Å²) in [5.74, 6) is -0.687. The molecule has 0 aromatic rings. The van der Waals surface area contributed by atoms with E-state index in [1.165, 1.54) is 0 Å². The van der Waals surface area contributed by atoms with Gasteiger partial charge in [0.2, 0.25) is 5.67 Å². The van der Waals surface area contributed by atoms with E-state index in [0.29, 0.717) is 19.1 Å². The highest BCUT2D eigenvalue weighted by Crippen LogP contribution is 2.28. The zero-order valence-electron chi connectivity index (χ0n) is 9.75. The van der Waals surface area contributed by atoms with Gasteiger partial charge in [0.05, 0.1) is 6.61 Å². The first-order valence-electron chi connectivity index (χ1n) is 5.60. The van der Waals surface area contributed by atoms with Crippen LogP contribution in [0.15, 0.2) is 0 Å². The summed E-state index contributed by atoms with van der Waals surface area (Å²) in [5, 5.41) is 0. The molecule has 4 heteroatoms. The van der Waals surface area contributed by atoms with Crippen molar-refractivity contribution in [1.29, 1.82) is 0 Å². The van der Waals surface area contributed by atoms with Crippen molar-refractivity contribution in [3.63, 3.8) is 0 Å². The molecule has 0 unspecified atom stereocenters. The first-order chi connectivity index (χ1) is 6.99. The van der Waals surface area contributed by atoms with E-state index in [0.717, 1.165) is 0 Å². The van der Waals surface area contributed by atoms with Gasteiger partial charge in [-0.05, 0) is 20.8 Å². The number of piperidine rings is 1. The van der Waals surface area contributed by atoms with Gasteiger partial charge >= 0.3 is 5.97 Å². The summed E-state index contributed by atoms with van der Waals surface area (Å²) in [6, 6.07) is 0.414. The van der Waals surface area contributed by atoms with Crippen molar-refractivity contribution in [2.75, 3.05) is 19.7 Å². The largest absolute Gasteiger partial charge is 0.464 e. The lowest BCUT2D eigenvalue weighted by Crippen LogP contribution is -2.49. The van der Waals surface area contributed by atoms with Crippen molar-refractivity contribution in [1.82, 2.24) is 4.90 Å². The highest BCUT2D eigenvalue weighted by Gasteiger charge is 2.43. The summed E-state index contributed by atoms with van der Waals surface area (Å²) >= 11 is 0. The molecule has 88 valence electrons. The quantitative estimate of drug-likeness (QED) is 0.675. The minimum Gasteiger partial charge on any atom is -0.464 e. The van der Waals surface area contributed by atoms with Gasteiger partial charge in [0, 0.05) is 32.0 Å². The average molecular weight is 217 g/mol. The third-order valence-electron chi connectivity index (χ3n) is 2.96. The molecule has 0 amide bonds. The number of carbonyl (C=O) groups is 1. The van der Waals surface area contributed by atoms with Crippen LogP contribution in [0, 0.1) is 0 Å². The van der Waals surface area contributed by atoms with Crippen LogP contribution >= 0.6 is 0 Å². The zero-order valence-corrected chi connectivity index (χ0v) is 9.75. The van der Waals surface area contributed by atoms with Gasteiger partial charge in [-0.25, -0.2) is 9.18 Å². The second-order valence-corrected chi connectivity index (χ2v) is 4.32. The molecule has 15 heavy (non-hydrogen) atoms. The fourth-order valence-electron chi connectivity index (χ4n) is 1.86. The van der Waals surface area contributed by atoms with Crippen LogP contribution in [0.2, 0.25) is 0 Å². The third kappa shape index (κ3) is 2.91. The molecule has 0 aliphatic carbocycles. The molecule has 0 radical (unpaired) electrons. The molecule has 1 aliphatic heterocycles. The number of halogens is 1. The lowest BCUT2D eigenvalue weighted by molar-refractivity contribution is -0.161. The van der Waals surface area contributed by atoms with Crippen LogP contribution in [0.1, 0.15) is 33.6 Å². The second kappa shape index (κ2) is 4.92. The molecule has 0 aromatic heterocycles. The number of likely N-dealkylation sites (tertiary alicyclic amines) is 1. The lowest BCUT2D eigenvalue weighted by Gasteiger charge is -2.36. The maximum Gasteiger partial charge on any atom is 0.343 e. The fraction of sp³-hybridized carbons (Fsp3) is 0.909. The van der Waals surface area contributed by atoms with Crippen LogP contribution in [-0.4, -0.2) is 42.3 Å². The summed E-state index contributed by atoms with van der Waals surface area (Å²) < 4.78 is 18.8. The van der Waals surface area contributed by atoms with Crippen molar-refractivity contribution >= 4 is 5.97 Å². The Morgan fingerprint density at radius 1 is 1.47 bits per heavy atom.